The predicted octanol–water partition coefficient (Wildman–Crippen LogP) is 3.11. The van der Waals surface area contributed by atoms with Gasteiger partial charge in [0.05, 0.1) is 4.83 Å². The lowest BCUT2D eigenvalue weighted by Crippen LogP contribution is -2.31. The fraction of sp³-hybridized carbons (Fsp3) is 0.462. The standard InChI is InChI=1S/C13H18BrNO/c1-10(2)8-12(14)13(16)15-9-11-6-4-3-5-7-11/h3-7,10,12H,8-9H2,1-2H3,(H,15,16). The molecule has 0 aliphatic rings. The van der Waals surface area contributed by atoms with Gasteiger partial charge in [0.15, 0.2) is 0 Å². The van der Waals surface area contributed by atoms with Crippen molar-refractivity contribution in [3.8, 4) is 0 Å². The van der Waals surface area contributed by atoms with Crippen molar-refractivity contribution in [1.82, 2.24) is 5.32 Å². The Kier molecular flexibility index (Phi) is 5.53. The minimum absolute atomic E-state index is 0.0672. The number of carbonyl (C=O) groups excluding carboxylic acids is 1. The molecule has 1 aromatic carbocycles. The van der Waals surface area contributed by atoms with Crippen LogP contribution in [0.25, 0.3) is 0 Å². The number of alkyl halides is 1. The maximum atomic E-state index is 11.7. The van der Waals surface area contributed by atoms with Gasteiger partial charge >= 0.3 is 0 Å². The topological polar surface area (TPSA) is 29.1 Å². The molecule has 0 aromatic heterocycles. The Labute approximate surface area is 106 Å². The highest BCUT2D eigenvalue weighted by atomic mass is 79.9. The first-order chi connectivity index (χ1) is 7.59. The molecule has 0 bridgehead atoms. The number of rotatable bonds is 5. The van der Waals surface area contributed by atoms with Gasteiger partial charge in [0, 0.05) is 6.54 Å². The van der Waals surface area contributed by atoms with Gasteiger partial charge in [-0.1, -0.05) is 60.1 Å². The molecule has 1 rings (SSSR count). The summed E-state index contributed by atoms with van der Waals surface area (Å²) in [7, 11) is 0. The van der Waals surface area contributed by atoms with Gasteiger partial charge in [-0.05, 0) is 17.9 Å². The Balaban J connectivity index is 2.35. The van der Waals surface area contributed by atoms with Crippen LogP contribution in [0.2, 0.25) is 0 Å². The van der Waals surface area contributed by atoms with Crippen LogP contribution in [0.4, 0.5) is 0 Å². The average molecular weight is 284 g/mol. The van der Waals surface area contributed by atoms with Crippen LogP contribution in [-0.4, -0.2) is 10.7 Å². The lowest BCUT2D eigenvalue weighted by molar-refractivity contribution is -0.120. The van der Waals surface area contributed by atoms with Gasteiger partial charge in [-0.15, -0.1) is 0 Å². The summed E-state index contributed by atoms with van der Waals surface area (Å²) in [6, 6.07) is 9.93. The molecule has 2 nitrogen and oxygen atoms in total. The van der Waals surface area contributed by atoms with Crippen LogP contribution >= 0.6 is 15.9 Å². The molecule has 0 saturated carbocycles. The predicted molar refractivity (Wildman–Crippen MR) is 70.5 cm³/mol. The molecule has 0 heterocycles. The van der Waals surface area contributed by atoms with Crippen molar-refractivity contribution < 1.29 is 4.79 Å². The highest BCUT2D eigenvalue weighted by molar-refractivity contribution is 9.10. The number of amides is 1. The van der Waals surface area contributed by atoms with Crippen LogP contribution < -0.4 is 5.32 Å². The van der Waals surface area contributed by atoms with Gasteiger partial charge in [0.1, 0.15) is 0 Å². The SMILES string of the molecule is CC(C)CC(Br)C(=O)NCc1ccccc1. The first-order valence-corrected chi connectivity index (χ1v) is 6.47. The molecule has 1 aromatic rings. The molecule has 1 N–H and O–H groups in total. The van der Waals surface area contributed by atoms with Crippen LogP contribution in [0.5, 0.6) is 0 Å². The third-order valence-electron chi connectivity index (χ3n) is 2.27. The van der Waals surface area contributed by atoms with Gasteiger partial charge in [-0.2, -0.15) is 0 Å². The molecule has 0 saturated heterocycles. The van der Waals surface area contributed by atoms with E-state index in [1.165, 1.54) is 0 Å². The Hall–Kier alpha value is -0.830. The van der Waals surface area contributed by atoms with Crippen molar-refractivity contribution >= 4 is 21.8 Å². The first-order valence-electron chi connectivity index (χ1n) is 5.55. The van der Waals surface area contributed by atoms with E-state index in [2.05, 4.69) is 35.1 Å². The van der Waals surface area contributed by atoms with E-state index in [1.54, 1.807) is 0 Å². The van der Waals surface area contributed by atoms with Crippen LogP contribution in [0.3, 0.4) is 0 Å². The molecular formula is C13H18BrNO. The Bertz CT molecular complexity index is 324. The number of halogens is 1. The molecule has 1 atom stereocenters. The van der Waals surface area contributed by atoms with Crippen molar-refractivity contribution in [1.29, 1.82) is 0 Å². The van der Waals surface area contributed by atoms with Gasteiger partial charge in [-0.25, -0.2) is 0 Å². The van der Waals surface area contributed by atoms with E-state index in [0.717, 1.165) is 12.0 Å². The highest BCUT2D eigenvalue weighted by Crippen LogP contribution is 2.12. The number of carbonyl (C=O) groups is 1. The van der Waals surface area contributed by atoms with Gasteiger partial charge in [0.25, 0.3) is 0 Å². The summed E-state index contributed by atoms with van der Waals surface area (Å²) in [5, 5.41) is 2.92. The highest BCUT2D eigenvalue weighted by Gasteiger charge is 2.15. The maximum Gasteiger partial charge on any atom is 0.234 e. The lowest BCUT2D eigenvalue weighted by Gasteiger charge is -2.12. The Morgan fingerprint density at radius 3 is 2.50 bits per heavy atom. The fourth-order valence-corrected chi connectivity index (χ4v) is 2.33. The zero-order valence-corrected chi connectivity index (χ0v) is 11.3. The molecule has 0 aliphatic carbocycles. The monoisotopic (exact) mass is 283 g/mol. The Morgan fingerprint density at radius 1 is 1.31 bits per heavy atom. The Morgan fingerprint density at radius 2 is 1.94 bits per heavy atom. The number of hydrogen-bond donors (Lipinski definition) is 1. The van der Waals surface area contributed by atoms with E-state index in [4.69, 9.17) is 0 Å². The summed E-state index contributed by atoms with van der Waals surface area (Å²) in [6.45, 7) is 4.82. The van der Waals surface area contributed by atoms with Gasteiger partial charge < -0.3 is 5.32 Å². The summed E-state index contributed by atoms with van der Waals surface area (Å²) in [4.78, 5) is 11.6. The molecule has 0 aliphatic heterocycles. The third kappa shape index (κ3) is 4.79. The normalized spacial score (nSPS) is 12.5. The molecule has 0 fully saturated rings. The van der Waals surface area contributed by atoms with Gasteiger partial charge in [-0.3, -0.25) is 4.79 Å². The second-order valence-corrected chi connectivity index (χ2v) is 5.41. The summed E-state index contributed by atoms with van der Waals surface area (Å²) < 4.78 is 0. The molecule has 0 spiro atoms. The summed E-state index contributed by atoms with van der Waals surface area (Å²) in [5.41, 5.74) is 1.13. The van der Waals surface area contributed by atoms with E-state index >= 15 is 0 Å². The molecule has 16 heavy (non-hydrogen) atoms. The van der Waals surface area contributed by atoms with E-state index in [1.807, 2.05) is 30.3 Å². The van der Waals surface area contributed by atoms with Crippen LogP contribution in [0.15, 0.2) is 30.3 Å². The molecule has 1 unspecified atom stereocenters. The maximum absolute atomic E-state index is 11.7. The summed E-state index contributed by atoms with van der Waals surface area (Å²) >= 11 is 3.41. The number of nitrogens with one attached hydrogen (secondary N) is 1. The minimum atomic E-state index is -0.0868. The van der Waals surface area contributed by atoms with Crippen molar-refractivity contribution in [2.45, 2.75) is 31.6 Å². The minimum Gasteiger partial charge on any atom is -0.351 e. The molecule has 3 heteroatoms. The zero-order chi connectivity index (χ0) is 12.0. The third-order valence-corrected chi connectivity index (χ3v) is 3.06. The number of benzene rings is 1. The number of hydrogen-bond acceptors (Lipinski definition) is 1. The van der Waals surface area contributed by atoms with Crippen molar-refractivity contribution in [3.05, 3.63) is 35.9 Å². The summed E-state index contributed by atoms with van der Waals surface area (Å²) in [5.74, 6) is 0.587. The largest absolute Gasteiger partial charge is 0.351 e. The van der Waals surface area contributed by atoms with Crippen LogP contribution in [0, 0.1) is 5.92 Å². The lowest BCUT2D eigenvalue weighted by atomic mass is 10.1. The van der Waals surface area contributed by atoms with Crippen molar-refractivity contribution in [3.63, 3.8) is 0 Å². The van der Waals surface area contributed by atoms with Crippen LogP contribution in [0.1, 0.15) is 25.8 Å². The summed E-state index contributed by atoms with van der Waals surface area (Å²) in [6.07, 6.45) is 0.862. The first kappa shape index (κ1) is 13.2. The van der Waals surface area contributed by atoms with E-state index in [-0.39, 0.29) is 10.7 Å². The zero-order valence-electron chi connectivity index (χ0n) is 9.74. The second kappa shape index (κ2) is 6.69. The second-order valence-electron chi connectivity index (χ2n) is 4.30. The molecule has 88 valence electrons. The quantitative estimate of drug-likeness (QED) is 0.827. The van der Waals surface area contributed by atoms with E-state index in [9.17, 15) is 4.79 Å². The molecule has 0 radical (unpaired) electrons. The van der Waals surface area contributed by atoms with Gasteiger partial charge in [0.2, 0.25) is 5.91 Å². The fourth-order valence-electron chi connectivity index (χ4n) is 1.42. The van der Waals surface area contributed by atoms with E-state index < -0.39 is 0 Å². The average Bonchev–Trinajstić information content (AvgIpc) is 2.26. The smallest absolute Gasteiger partial charge is 0.234 e. The van der Waals surface area contributed by atoms with Crippen molar-refractivity contribution in [2.75, 3.05) is 0 Å². The van der Waals surface area contributed by atoms with Crippen LogP contribution in [-0.2, 0) is 11.3 Å². The van der Waals surface area contributed by atoms with E-state index in [0.29, 0.717) is 12.5 Å². The molecular weight excluding hydrogens is 266 g/mol. The molecule has 1 amide bonds. The van der Waals surface area contributed by atoms with Crippen molar-refractivity contribution in [2.24, 2.45) is 5.92 Å².